The highest BCUT2D eigenvalue weighted by Crippen LogP contribution is 2.17. The molecule has 0 bridgehead atoms. The zero-order valence-corrected chi connectivity index (χ0v) is 11.4. The van der Waals surface area contributed by atoms with Crippen LogP contribution in [-0.2, 0) is 0 Å². The van der Waals surface area contributed by atoms with Gasteiger partial charge in [0, 0.05) is 12.2 Å². The number of allylic oxidation sites excluding steroid dienone is 2. The fourth-order valence-corrected chi connectivity index (χ4v) is 2.22. The lowest BCUT2D eigenvalue weighted by atomic mass is 9.94. The lowest BCUT2D eigenvalue weighted by molar-refractivity contribution is 0.0692. The Morgan fingerprint density at radius 1 is 1.33 bits per heavy atom. The van der Waals surface area contributed by atoms with E-state index in [0.29, 0.717) is 12.5 Å². The highest BCUT2D eigenvalue weighted by Gasteiger charge is 2.13. The maximum Gasteiger partial charge on any atom is 0.338 e. The van der Waals surface area contributed by atoms with Crippen molar-refractivity contribution in [2.75, 3.05) is 11.9 Å². The Bertz CT molecular complexity index is 572. The van der Waals surface area contributed by atoms with Gasteiger partial charge in [-0.1, -0.05) is 12.2 Å². The van der Waals surface area contributed by atoms with Crippen molar-refractivity contribution in [1.29, 1.82) is 0 Å². The Morgan fingerprint density at radius 3 is 2.76 bits per heavy atom. The molecule has 0 saturated carbocycles. The smallest absolute Gasteiger partial charge is 0.338 e. The van der Waals surface area contributed by atoms with E-state index in [2.05, 4.69) is 22.8 Å². The van der Waals surface area contributed by atoms with E-state index in [1.165, 1.54) is 6.07 Å². The number of urea groups is 1. The molecule has 0 aliphatic heterocycles. The fourth-order valence-electron chi connectivity index (χ4n) is 2.22. The first-order valence-electron chi connectivity index (χ1n) is 6.79. The summed E-state index contributed by atoms with van der Waals surface area (Å²) in [6.07, 6.45) is 7.24. The predicted molar refractivity (Wildman–Crippen MR) is 76.9 cm³/mol. The molecule has 0 spiro atoms. The lowest BCUT2D eigenvalue weighted by Crippen LogP contribution is -2.33. The van der Waals surface area contributed by atoms with Crippen molar-refractivity contribution in [2.24, 2.45) is 5.92 Å². The predicted octanol–water partition coefficient (Wildman–Crippen LogP) is 3.00. The minimum Gasteiger partial charge on any atom is -0.478 e. The summed E-state index contributed by atoms with van der Waals surface area (Å²) < 4.78 is 13.5. The van der Waals surface area contributed by atoms with E-state index >= 15 is 0 Å². The fraction of sp³-hybridized carbons (Fsp3) is 0.333. The van der Waals surface area contributed by atoms with Crippen LogP contribution in [0.3, 0.4) is 0 Å². The van der Waals surface area contributed by atoms with Gasteiger partial charge in [0.05, 0.1) is 5.56 Å². The summed E-state index contributed by atoms with van der Waals surface area (Å²) in [6, 6.07) is 3.05. The Kier molecular flexibility index (Phi) is 4.92. The Labute approximate surface area is 121 Å². The Balaban J connectivity index is 1.86. The highest BCUT2D eigenvalue weighted by molar-refractivity contribution is 5.91. The van der Waals surface area contributed by atoms with Crippen molar-refractivity contribution >= 4 is 17.7 Å². The molecule has 1 unspecified atom stereocenters. The van der Waals surface area contributed by atoms with E-state index in [4.69, 9.17) is 5.11 Å². The number of carboxylic acid groups (broad SMARTS) is 1. The molecular weight excluding hydrogens is 275 g/mol. The van der Waals surface area contributed by atoms with Crippen LogP contribution in [0.4, 0.5) is 14.9 Å². The molecular formula is C15H17FN2O3. The summed E-state index contributed by atoms with van der Waals surface area (Å²) in [5, 5.41) is 13.9. The van der Waals surface area contributed by atoms with Crippen molar-refractivity contribution in [1.82, 2.24) is 5.32 Å². The van der Waals surface area contributed by atoms with Crippen LogP contribution in [0.25, 0.3) is 0 Å². The van der Waals surface area contributed by atoms with Crippen molar-refractivity contribution < 1.29 is 19.1 Å². The molecule has 5 nitrogen and oxygen atoms in total. The topological polar surface area (TPSA) is 78.4 Å². The SMILES string of the molecule is O=C(NCC1CC=CCC1)Nc1ccc(C(=O)O)c(F)c1. The molecule has 112 valence electrons. The molecule has 6 heteroatoms. The third kappa shape index (κ3) is 4.30. The van der Waals surface area contributed by atoms with Gasteiger partial charge in [0.1, 0.15) is 5.82 Å². The standard InChI is InChI=1S/C15H17FN2O3/c16-13-8-11(6-7-12(13)14(19)20)18-15(21)17-9-10-4-2-1-3-5-10/h1-2,6-8,10H,3-5,9H2,(H,19,20)(H2,17,18,21). The normalized spacial score (nSPS) is 17.3. The summed E-state index contributed by atoms with van der Waals surface area (Å²) in [7, 11) is 0. The molecule has 21 heavy (non-hydrogen) atoms. The Hall–Kier alpha value is -2.37. The molecule has 1 aromatic carbocycles. The number of benzene rings is 1. The lowest BCUT2D eigenvalue weighted by Gasteiger charge is -2.18. The second-order valence-corrected chi connectivity index (χ2v) is 4.99. The van der Waals surface area contributed by atoms with Gasteiger partial charge < -0.3 is 15.7 Å². The number of amides is 2. The number of carbonyl (C=O) groups is 2. The van der Waals surface area contributed by atoms with Crippen molar-refractivity contribution in [3.63, 3.8) is 0 Å². The van der Waals surface area contributed by atoms with E-state index in [1.807, 2.05) is 0 Å². The van der Waals surface area contributed by atoms with Gasteiger partial charge in [-0.25, -0.2) is 14.0 Å². The summed E-state index contributed by atoms with van der Waals surface area (Å²) in [5.74, 6) is -1.79. The maximum absolute atomic E-state index is 13.5. The largest absolute Gasteiger partial charge is 0.478 e. The van der Waals surface area contributed by atoms with Crippen LogP contribution in [0.15, 0.2) is 30.4 Å². The van der Waals surface area contributed by atoms with Crippen molar-refractivity contribution in [3.05, 3.63) is 41.7 Å². The molecule has 0 aromatic heterocycles. The molecule has 0 fully saturated rings. The molecule has 1 aromatic rings. The van der Waals surface area contributed by atoms with Gasteiger partial charge in [-0.2, -0.15) is 0 Å². The molecule has 1 atom stereocenters. The summed E-state index contributed by atoms with van der Waals surface area (Å²) >= 11 is 0. The first-order chi connectivity index (χ1) is 10.1. The number of aromatic carboxylic acids is 1. The van der Waals surface area contributed by atoms with Crippen LogP contribution >= 0.6 is 0 Å². The number of carbonyl (C=O) groups excluding carboxylic acids is 1. The van der Waals surface area contributed by atoms with E-state index < -0.39 is 23.4 Å². The van der Waals surface area contributed by atoms with E-state index in [0.717, 1.165) is 31.4 Å². The van der Waals surface area contributed by atoms with Crippen molar-refractivity contribution in [3.8, 4) is 0 Å². The molecule has 1 aliphatic carbocycles. The third-order valence-corrected chi connectivity index (χ3v) is 3.39. The van der Waals surface area contributed by atoms with Gasteiger partial charge in [-0.15, -0.1) is 0 Å². The van der Waals surface area contributed by atoms with E-state index in [1.54, 1.807) is 0 Å². The molecule has 1 aliphatic rings. The second-order valence-electron chi connectivity index (χ2n) is 4.99. The van der Waals surface area contributed by atoms with Gasteiger partial charge in [-0.3, -0.25) is 0 Å². The highest BCUT2D eigenvalue weighted by atomic mass is 19.1. The summed E-state index contributed by atoms with van der Waals surface area (Å²) in [6.45, 7) is 0.561. The zero-order valence-electron chi connectivity index (χ0n) is 11.4. The quantitative estimate of drug-likeness (QED) is 0.746. The number of nitrogens with one attached hydrogen (secondary N) is 2. The van der Waals surface area contributed by atoms with Crippen LogP contribution in [0.1, 0.15) is 29.6 Å². The molecule has 2 rings (SSSR count). The first kappa shape index (κ1) is 15.0. The number of hydrogen-bond donors (Lipinski definition) is 3. The van der Waals surface area contributed by atoms with Crippen LogP contribution in [0, 0.1) is 11.7 Å². The van der Waals surface area contributed by atoms with Gasteiger partial charge in [0.25, 0.3) is 0 Å². The molecule has 0 radical (unpaired) electrons. The van der Waals surface area contributed by atoms with Gasteiger partial charge >= 0.3 is 12.0 Å². The van der Waals surface area contributed by atoms with Crippen LogP contribution < -0.4 is 10.6 Å². The van der Waals surface area contributed by atoms with Gasteiger partial charge in [0.15, 0.2) is 0 Å². The monoisotopic (exact) mass is 292 g/mol. The average Bonchev–Trinajstić information content (AvgIpc) is 2.46. The summed E-state index contributed by atoms with van der Waals surface area (Å²) in [5.41, 5.74) is -0.200. The molecule has 0 heterocycles. The molecule has 0 saturated heterocycles. The van der Waals surface area contributed by atoms with E-state index in [-0.39, 0.29) is 5.69 Å². The number of halogens is 1. The first-order valence-corrected chi connectivity index (χ1v) is 6.79. The average molecular weight is 292 g/mol. The Morgan fingerprint density at radius 2 is 2.14 bits per heavy atom. The zero-order chi connectivity index (χ0) is 15.2. The van der Waals surface area contributed by atoms with Crippen LogP contribution in [0.2, 0.25) is 0 Å². The minimum absolute atomic E-state index is 0.221. The minimum atomic E-state index is -1.34. The van der Waals surface area contributed by atoms with Crippen LogP contribution in [0.5, 0.6) is 0 Å². The second kappa shape index (κ2) is 6.88. The van der Waals surface area contributed by atoms with Gasteiger partial charge in [0.2, 0.25) is 0 Å². The molecule has 2 amide bonds. The summed E-state index contributed by atoms with van der Waals surface area (Å²) in [4.78, 5) is 22.4. The van der Waals surface area contributed by atoms with E-state index in [9.17, 15) is 14.0 Å². The molecule has 3 N–H and O–H groups in total. The maximum atomic E-state index is 13.5. The third-order valence-electron chi connectivity index (χ3n) is 3.39. The number of carboxylic acids is 1. The van der Waals surface area contributed by atoms with Gasteiger partial charge in [-0.05, 0) is 43.4 Å². The number of rotatable bonds is 4. The number of hydrogen-bond acceptors (Lipinski definition) is 2. The van der Waals surface area contributed by atoms with Crippen molar-refractivity contribution in [2.45, 2.75) is 19.3 Å². The number of anilines is 1. The van der Waals surface area contributed by atoms with Crippen LogP contribution in [-0.4, -0.2) is 23.7 Å².